The smallest absolute Gasteiger partial charge is 0.405 e. The van der Waals surface area contributed by atoms with Crippen LogP contribution in [0.4, 0.5) is 18.3 Å². The molecule has 0 aliphatic heterocycles. The molecule has 2 fully saturated rings. The quantitative estimate of drug-likeness (QED) is 0.144. The molecule has 0 radical (unpaired) electrons. The van der Waals surface area contributed by atoms with Gasteiger partial charge in [0.1, 0.15) is 22.9 Å². The number of nitrogens with one attached hydrogen (secondary N) is 1. The van der Waals surface area contributed by atoms with Crippen LogP contribution in [0.2, 0.25) is 0 Å². The Balaban J connectivity index is 1.17. The van der Waals surface area contributed by atoms with Crippen LogP contribution < -0.4 is 15.0 Å². The number of para-hydroxylation sites is 1. The fraction of sp³-hybridized carbons (Fsp3) is 0.516. The van der Waals surface area contributed by atoms with Gasteiger partial charge in [-0.25, -0.2) is 9.97 Å². The highest BCUT2D eigenvalue weighted by Gasteiger charge is 2.36. The minimum atomic E-state index is -4.82. The minimum Gasteiger partial charge on any atom is -0.405 e. The molecule has 1 N–H and O–H groups in total. The Kier molecular flexibility index (Phi) is 8.60. The highest BCUT2D eigenvalue weighted by Crippen LogP contribution is 2.45. The molecule has 13 heteroatoms. The van der Waals surface area contributed by atoms with E-state index in [1.165, 1.54) is 29.7 Å². The van der Waals surface area contributed by atoms with Gasteiger partial charge in [0.05, 0.1) is 6.20 Å². The number of carbonyl (C=O) groups excluding carboxylic acids is 1. The molecule has 2 aliphatic carbocycles. The average Bonchev–Trinajstić information content (AvgIpc) is 3.93. The molecule has 1 aromatic carbocycles. The van der Waals surface area contributed by atoms with Gasteiger partial charge in [0.25, 0.3) is 0 Å². The third-order valence-corrected chi connectivity index (χ3v) is 9.23. The van der Waals surface area contributed by atoms with Crippen molar-refractivity contribution >= 4 is 32.7 Å². The van der Waals surface area contributed by atoms with Crippen molar-refractivity contribution in [3.05, 3.63) is 47.5 Å². The van der Waals surface area contributed by atoms with Crippen molar-refractivity contribution < 1.29 is 27.2 Å². The highest BCUT2D eigenvalue weighted by molar-refractivity contribution is 7.21. The number of alkyl halides is 3. The largest absolute Gasteiger partial charge is 0.573 e. The fourth-order valence-corrected chi connectivity index (χ4v) is 6.63. The topological polar surface area (TPSA) is 106 Å². The fourth-order valence-electron chi connectivity index (χ4n) is 5.57. The molecule has 4 aromatic rings. The number of nitrogens with zero attached hydrogens (tertiary/aromatic N) is 5. The maximum atomic E-state index is 13.2. The summed E-state index contributed by atoms with van der Waals surface area (Å²) in [5.74, 6) is 0.780. The Morgan fingerprint density at radius 3 is 2.64 bits per heavy atom. The summed E-state index contributed by atoms with van der Waals surface area (Å²) in [5, 5.41) is 8.66. The number of anilines is 1. The lowest BCUT2D eigenvalue weighted by molar-refractivity contribution is -0.274. The predicted molar refractivity (Wildman–Crippen MR) is 161 cm³/mol. The summed E-state index contributed by atoms with van der Waals surface area (Å²) in [5.41, 5.74) is 2.33. The zero-order valence-electron chi connectivity index (χ0n) is 24.9. The van der Waals surface area contributed by atoms with Crippen molar-refractivity contribution in [1.82, 2.24) is 25.4 Å². The molecule has 0 amide bonds. The molecule has 2 unspecified atom stereocenters. The van der Waals surface area contributed by atoms with Gasteiger partial charge in [-0.3, -0.25) is 4.79 Å². The van der Waals surface area contributed by atoms with Gasteiger partial charge >= 0.3 is 6.36 Å². The first-order chi connectivity index (χ1) is 21.1. The number of fused-ring (bicyclic) bond motifs is 1. The van der Waals surface area contributed by atoms with Crippen LogP contribution in [0.3, 0.4) is 0 Å². The molecule has 0 bridgehead atoms. The van der Waals surface area contributed by atoms with E-state index >= 15 is 0 Å². The monoisotopic (exact) mass is 628 g/mol. The van der Waals surface area contributed by atoms with Crippen molar-refractivity contribution in [2.24, 2.45) is 5.92 Å². The van der Waals surface area contributed by atoms with E-state index in [4.69, 9.17) is 9.51 Å². The van der Waals surface area contributed by atoms with E-state index in [0.717, 1.165) is 61.5 Å². The van der Waals surface area contributed by atoms with Crippen molar-refractivity contribution in [1.29, 1.82) is 0 Å². The van der Waals surface area contributed by atoms with Crippen LogP contribution in [0, 0.1) is 5.92 Å². The number of halogens is 3. The lowest BCUT2D eigenvalue weighted by Gasteiger charge is -2.30. The number of hydrogen-bond donors (Lipinski definition) is 1. The van der Waals surface area contributed by atoms with Gasteiger partial charge in [-0.2, -0.15) is 4.98 Å². The second-order valence-corrected chi connectivity index (χ2v) is 12.5. The van der Waals surface area contributed by atoms with Crippen LogP contribution in [0.1, 0.15) is 87.0 Å². The first-order valence-corrected chi connectivity index (χ1v) is 16.0. The average molecular weight is 629 g/mol. The van der Waals surface area contributed by atoms with Crippen molar-refractivity contribution in [3.63, 3.8) is 0 Å². The van der Waals surface area contributed by atoms with E-state index in [9.17, 15) is 18.0 Å². The Morgan fingerprint density at radius 1 is 1.18 bits per heavy atom. The molecule has 9 nitrogen and oxygen atoms in total. The third kappa shape index (κ3) is 6.73. The van der Waals surface area contributed by atoms with E-state index in [1.807, 2.05) is 0 Å². The molecule has 3 aromatic heterocycles. The Bertz CT molecular complexity index is 1630. The molecule has 234 valence electrons. The summed E-state index contributed by atoms with van der Waals surface area (Å²) in [6.45, 7) is 7.45. The van der Waals surface area contributed by atoms with Crippen LogP contribution in [0.5, 0.6) is 5.75 Å². The number of benzene rings is 1. The highest BCUT2D eigenvalue weighted by atomic mass is 32.1. The van der Waals surface area contributed by atoms with Gasteiger partial charge in [0.15, 0.2) is 21.4 Å². The predicted octanol–water partition coefficient (Wildman–Crippen LogP) is 7.28. The summed E-state index contributed by atoms with van der Waals surface area (Å²) in [6.07, 6.45) is 2.10. The van der Waals surface area contributed by atoms with Gasteiger partial charge in [0, 0.05) is 48.1 Å². The summed E-state index contributed by atoms with van der Waals surface area (Å²) >= 11 is 1.44. The standard InChI is InChI=1S/C31H35F3N6O3S/c1-4-20(14-17(3)40(5-2)30-38-28-29(44-30)37-23(16-36-28)26(41)18-10-11-18)35-15-22-25(39-43-27(22)19-12-13-19)21-8-6-7-9-24(21)42-31(32,33)34/h6-9,16-20,35H,4-5,10-15H2,1-3H3. The number of thiazole rings is 1. The summed E-state index contributed by atoms with van der Waals surface area (Å²) in [4.78, 5) is 29.1. The van der Waals surface area contributed by atoms with E-state index in [1.54, 1.807) is 12.1 Å². The SMILES string of the molecule is CCC(CC(C)N(CC)c1nc2ncc(C(=O)C3CC3)nc2s1)NCc1c(-c2ccccc2OC(F)(F)F)noc1C1CC1. The molecule has 2 aliphatic rings. The number of ketones is 1. The molecule has 0 saturated heterocycles. The number of Topliss-reactive ketones (excluding diaryl/α,β-unsaturated/α-hetero) is 1. The number of ether oxygens (including phenoxy) is 1. The number of aromatic nitrogens is 4. The molecule has 3 heterocycles. The Labute approximate surface area is 257 Å². The van der Waals surface area contributed by atoms with Gasteiger partial charge in [-0.05, 0) is 64.5 Å². The summed E-state index contributed by atoms with van der Waals surface area (Å²) in [7, 11) is 0. The van der Waals surface area contributed by atoms with Gasteiger partial charge in [-0.1, -0.05) is 35.5 Å². The third-order valence-electron chi connectivity index (χ3n) is 8.25. The Morgan fingerprint density at radius 2 is 1.95 bits per heavy atom. The number of carbonyl (C=O) groups is 1. The van der Waals surface area contributed by atoms with Crippen LogP contribution in [0.25, 0.3) is 21.7 Å². The van der Waals surface area contributed by atoms with E-state index in [-0.39, 0.29) is 41.0 Å². The summed E-state index contributed by atoms with van der Waals surface area (Å²) in [6, 6.07) is 6.24. The second-order valence-electron chi connectivity index (χ2n) is 11.6. The van der Waals surface area contributed by atoms with Gasteiger partial charge in [-0.15, -0.1) is 13.2 Å². The molecule has 0 spiro atoms. The molecule has 2 atom stereocenters. The zero-order valence-corrected chi connectivity index (χ0v) is 25.7. The minimum absolute atomic E-state index is 0.0594. The van der Waals surface area contributed by atoms with Gasteiger partial charge < -0.3 is 19.5 Å². The van der Waals surface area contributed by atoms with Crippen LogP contribution >= 0.6 is 11.3 Å². The zero-order chi connectivity index (χ0) is 31.0. The lowest BCUT2D eigenvalue weighted by Crippen LogP contribution is -2.39. The second kappa shape index (κ2) is 12.4. The molecule has 44 heavy (non-hydrogen) atoms. The lowest BCUT2D eigenvalue weighted by atomic mass is 10.0. The van der Waals surface area contributed by atoms with Crippen LogP contribution in [-0.4, -0.2) is 50.9 Å². The van der Waals surface area contributed by atoms with Gasteiger partial charge in [0.2, 0.25) is 0 Å². The Hall–Kier alpha value is -3.58. The van der Waals surface area contributed by atoms with Crippen molar-refractivity contribution in [2.75, 3.05) is 11.4 Å². The number of rotatable bonds is 14. The molecular formula is C31H35F3N6O3S. The molecular weight excluding hydrogens is 593 g/mol. The van der Waals surface area contributed by atoms with E-state index < -0.39 is 6.36 Å². The normalized spacial score (nSPS) is 16.7. The first-order valence-electron chi connectivity index (χ1n) is 15.2. The molecule has 6 rings (SSSR count). The maximum Gasteiger partial charge on any atom is 0.573 e. The van der Waals surface area contributed by atoms with Crippen molar-refractivity contribution in [3.8, 4) is 17.0 Å². The van der Waals surface area contributed by atoms with E-state index in [0.29, 0.717) is 28.4 Å². The summed E-state index contributed by atoms with van der Waals surface area (Å²) < 4.78 is 49.5. The van der Waals surface area contributed by atoms with Crippen molar-refractivity contribution in [2.45, 2.75) is 90.2 Å². The molecule has 2 saturated carbocycles. The van der Waals surface area contributed by atoms with Crippen LogP contribution in [0.15, 0.2) is 35.0 Å². The number of hydrogen-bond acceptors (Lipinski definition) is 10. The van der Waals surface area contributed by atoms with E-state index in [2.05, 4.69) is 50.8 Å². The van der Waals surface area contributed by atoms with Crippen LogP contribution in [-0.2, 0) is 6.54 Å². The maximum absolute atomic E-state index is 13.2. The first kappa shape index (κ1) is 30.4.